The smallest absolute Gasteiger partial charge is 0.335 e. The first-order chi connectivity index (χ1) is 9.81. The molecule has 0 aliphatic carbocycles. The number of aryl methyl sites for hydroxylation is 2. The number of carbonyl (C=O) groups is 1. The number of carboxylic acids is 1. The van der Waals surface area contributed by atoms with Crippen LogP contribution in [-0.2, 0) is 16.4 Å². The number of carboxylic acid groups (broad SMARTS) is 1. The molecule has 0 saturated heterocycles. The molecule has 0 saturated carbocycles. The van der Waals surface area contributed by atoms with Gasteiger partial charge in [-0.2, -0.15) is 0 Å². The number of nitrogens with zero attached hydrogens (tertiary/aromatic N) is 2. The van der Waals surface area contributed by atoms with Crippen LogP contribution in [0.3, 0.4) is 0 Å². The standard InChI is InChI=1S/C14H16N2O4S/c1-10-11(2)16(9-15-10)7-8-21(19,20)13-5-3-12(4-6-13)14(17)18/h3-6,9H,7-8H2,1-2H3,(H,17,18). The van der Waals surface area contributed by atoms with Crippen LogP contribution in [0, 0.1) is 13.8 Å². The third-order valence-electron chi connectivity index (χ3n) is 3.41. The second-order valence-electron chi connectivity index (χ2n) is 4.76. The van der Waals surface area contributed by atoms with Crippen molar-refractivity contribution in [3.8, 4) is 0 Å². The minimum atomic E-state index is -3.45. The van der Waals surface area contributed by atoms with E-state index < -0.39 is 15.8 Å². The lowest BCUT2D eigenvalue weighted by Crippen LogP contribution is -2.14. The third kappa shape index (κ3) is 3.30. The van der Waals surface area contributed by atoms with Crippen molar-refractivity contribution in [2.45, 2.75) is 25.3 Å². The van der Waals surface area contributed by atoms with E-state index in [2.05, 4.69) is 4.98 Å². The largest absolute Gasteiger partial charge is 0.478 e. The molecule has 0 fully saturated rings. The summed E-state index contributed by atoms with van der Waals surface area (Å²) in [7, 11) is -3.45. The maximum Gasteiger partial charge on any atom is 0.335 e. The summed E-state index contributed by atoms with van der Waals surface area (Å²) in [5.74, 6) is -1.14. The number of rotatable bonds is 5. The summed E-state index contributed by atoms with van der Waals surface area (Å²) in [6.45, 7) is 4.07. The van der Waals surface area contributed by atoms with Gasteiger partial charge in [-0.25, -0.2) is 18.2 Å². The average Bonchev–Trinajstić information content (AvgIpc) is 2.77. The normalized spacial score (nSPS) is 11.5. The van der Waals surface area contributed by atoms with Crippen molar-refractivity contribution in [2.24, 2.45) is 0 Å². The van der Waals surface area contributed by atoms with Gasteiger partial charge < -0.3 is 9.67 Å². The number of benzene rings is 1. The Morgan fingerprint density at radius 2 is 1.86 bits per heavy atom. The highest BCUT2D eigenvalue weighted by Gasteiger charge is 2.16. The molecule has 1 N–H and O–H groups in total. The molecule has 112 valence electrons. The van der Waals surface area contributed by atoms with Crippen molar-refractivity contribution in [3.05, 3.63) is 47.5 Å². The Labute approximate surface area is 123 Å². The van der Waals surface area contributed by atoms with E-state index in [1.807, 2.05) is 13.8 Å². The van der Waals surface area contributed by atoms with E-state index in [9.17, 15) is 13.2 Å². The van der Waals surface area contributed by atoms with Gasteiger partial charge in [-0.1, -0.05) is 0 Å². The van der Waals surface area contributed by atoms with E-state index in [-0.39, 0.29) is 16.2 Å². The van der Waals surface area contributed by atoms with Gasteiger partial charge in [0, 0.05) is 12.2 Å². The van der Waals surface area contributed by atoms with Gasteiger partial charge in [0.25, 0.3) is 0 Å². The molecule has 0 radical (unpaired) electrons. The van der Waals surface area contributed by atoms with E-state index >= 15 is 0 Å². The highest BCUT2D eigenvalue weighted by Crippen LogP contribution is 2.14. The molecule has 0 amide bonds. The first-order valence-corrected chi connectivity index (χ1v) is 8.01. The Kier molecular flexibility index (Phi) is 4.13. The van der Waals surface area contributed by atoms with Gasteiger partial charge in [0.15, 0.2) is 9.84 Å². The maximum atomic E-state index is 12.2. The van der Waals surface area contributed by atoms with E-state index in [0.717, 1.165) is 11.4 Å². The van der Waals surface area contributed by atoms with Crippen LogP contribution in [0.25, 0.3) is 0 Å². The van der Waals surface area contributed by atoms with Crippen LogP contribution in [0.2, 0.25) is 0 Å². The van der Waals surface area contributed by atoms with Gasteiger partial charge in [0.05, 0.1) is 28.2 Å². The fraction of sp³-hybridized carbons (Fsp3) is 0.286. The molecule has 2 rings (SSSR count). The highest BCUT2D eigenvalue weighted by molar-refractivity contribution is 7.91. The highest BCUT2D eigenvalue weighted by atomic mass is 32.2. The summed E-state index contributed by atoms with van der Waals surface area (Å²) in [6, 6.07) is 5.24. The summed E-state index contributed by atoms with van der Waals surface area (Å²) >= 11 is 0. The fourth-order valence-electron chi connectivity index (χ4n) is 1.91. The zero-order chi connectivity index (χ0) is 15.6. The van der Waals surface area contributed by atoms with Crippen molar-refractivity contribution < 1.29 is 18.3 Å². The minimum absolute atomic E-state index is 0.0595. The van der Waals surface area contributed by atoms with Crippen LogP contribution in [0.4, 0.5) is 0 Å². The molecule has 0 spiro atoms. The minimum Gasteiger partial charge on any atom is -0.478 e. The molecule has 21 heavy (non-hydrogen) atoms. The molecule has 1 aromatic carbocycles. The van der Waals surface area contributed by atoms with E-state index in [1.54, 1.807) is 10.9 Å². The summed E-state index contributed by atoms with van der Waals surface area (Å²) in [6.07, 6.45) is 1.62. The first kappa shape index (κ1) is 15.2. The monoisotopic (exact) mass is 308 g/mol. The van der Waals surface area contributed by atoms with Crippen LogP contribution in [-0.4, -0.2) is 34.8 Å². The Morgan fingerprint density at radius 3 is 2.33 bits per heavy atom. The second kappa shape index (κ2) is 5.69. The molecule has 0 bridgehead atoms. The van der Waals surface area contributed by atoms with Gasteiger partial charge in [-0.15, -0.1) is 0 Å². The zero-order valence-corrected chi connectivity index (χ0v) is 12.6. The molecule has 1 heterocycles. The third-order valence-corrected chi connectivity index (χ3v) is 5.12. The SMILES string of the molecule is Cc1ncn(CCS(=O)(=O)c2ccc(C(=O)O)cc2)c1C. The summed E-state index contributed by atoms with van der Waals surface area (Å²) in [4.78, 5) is 15.0. The van der Waals surface area contributed by atoms with Crippen molar-refractivity contribution >= 4 is 15.8 Å². The van der Waals surface area contributed by atoms with Crippen molar-refractivity contribution in [1.82, 2.24) is 9.55 Å². The Bertz CT molecular complexity index is 761. The molecule has 0 unspecified atom stereocenters. The predicted octanol–water partition coefficient (Wildman–Crippen LogP) is 1.67. The van der Waals surface area contributed by atoms with Crippen molar-refractivity contribution in [2.75, 3.05) is 5.75 Å². The van der Waals surface area contributed by atoms with Gasteiger partial charge in [0.2, 0.25) is 0 Å². The number of hydrogen-bond donors (Lipinski definition) is 1. The maximum absolute atomic E-state index is 12.2. The van der Waals surface area contributed by atoms with Crippen LogP contribution < -0.4 is 0 Å². The van der Waals surface area contributed by atoms with E-state index in [0.29, 0.717) is 6.54 Å². The molecule has 7 heteroatoms. The number of imidazole rings is 1. The van der Waals surface area contributed by atoms with Gasteiger partial charge >= 0.3 is 5.97 Å². The lowest BCUT2D eigenvalue weighted by molar-refractivity contribution is 0.0696. The van der Waals surface area contributed by atoms with Crippen molar-refractivity contribution in [3.63, 3.8) is 0 Å². The Balaban J connectivity index is 2.15. The second-order valence-corrected chi connectivity index (χ2v) is 6.87. The molecular weight excluding hydrogens is 292 g/mol. The average molecular weight is 308 g/mol. The molecule has 0 aliphatic rings. The molecule has 6 nitrogen and oxygen atoms in total. The number of aromatic carboxylic acids is 1. The quantitative estimate of drug-likeness (QED) is 0.907. The Hall–Kier alpha value is -2.15. The first-order valence-electron chi connectivity index (χ1n) is 6.36. The number of aromatic nitrogens is 2. The zero-order valence-electron chi connectivity index (χ0n) is 11.8. The van der Waals surface area contributed by atoms with E-state index in [4.69, 9.17) is 5.11 Å². The number of sulfone groups is 1. The van der Waals surface area contributed by atoms with Gasteiger partial charge in [0.1, 0.15) is 0 Å². The lowest BCUT2D eigenvalue weighted by Gasteiger charge is -2.07. The number of hydrogen-bond acceptors (Lipinski definition) is 4. The summed E-state index contributed by atoms with van der Waals surface area (Å²) in [5.41, 5.74) is 1.87. The molecule has 0 atom stereocenters. The molecule has 0 aliphatic heterocycles. The lowest BCUT2D eigenvalue weighted by atomic mass is 10.2. The van der Waals surface area contributed by atoms with Gasteiger partial charge in [-0.3, -0.25) is 0 Å². The predicted molar refractivity (Wildman–Crippen MR) is 77.2 cm³/mol. The van der Waals surface area contributed by atoms with Crippen LogP contribution in [0.15, 0.2) is 35.5 Å². The summed E-state index contributed by atoms with van der Waals surface area (Å²) < 4.78 is 26.2. The molecule has 1 aromatic heterocycles. The van der Waals surface area contributed by atoms with Crippen LogP contribution in [0.5, 0.6) is 0 Å². The fourth-order valence-corrected chi connectivity index (χ4v) is 3.13. The topological polar surface area (TPSA) is 89.3 Å². The van der Waals surface area contributed by atoms with E-state index in [1.165, 1.54) is 24.3 Å². The van der Waals surface area contributed by atoms with Crippen molar-refractivity contribution in [1.29, 1.82) is 0 Å². The summed E-state index contributed by atoms with van der Waals surface area (Å²) in [5, 5.41) is 8.80. The Morgan fingerprint density at radius 1 is 1.24 bits per heavy atom. The molecular formula is C14H16N2O4S. The van der Waals surface area contributed by atoms with Gasteiger partial charge in [-0.05, 0) is 38.1 Å². The van der Waals surface area contributed by atoms with Crippen LogP contribution in [0.1, 0.15) is 21.7 Å². The molecule has 2 aromatic rings. The van der Waals surface area contributed by atoms with Crippen LogP contribution >= 0.6 is 0 Å².